The molecule has 7 heteroatoms. The van der Waals surface area contributed by atoms with Gasteiger partial charge in [-0.1, -0.05) is 6.08 Å². The van der Waals surface area contributed by atoms with Crippen LogP contribution in [0.3, 0.4) is 0 Å². The van der Waals surface area contributed by atoms with Gasteiger partial charge in [0.2, 0.25) is 0 Å². The maximum Gasteiger partial charge on any atom is 0.422 e. The maximum absolute atomic E-state index is 12.0. The van der Waals surface area contributed by atoms with Crippen molar-refractivity contribution >= 4 is 6.08 Å². The van der Waals surface area contributed by atoms with E-state index < -0.39 is 12.8 Å². The van der Waals surface area contributed by atoms with Crippen LogP contribution >= 0.6 is 0 Å². The number of allylic oxidation sites excluding steroid dienone is 1. The van der Waals surface area contributed by atoms with Crippen molar-refractivity contribution in [3.63, 3.8) is 0 Å². The fraction of sp³-hybridized carbons (Fsp3) is 0.231. The van der Waals surface area contributed by atoms with Gasteiger partial charge in [-0.15, -0.1) is 5.10 Å². The third-order valence-electron chi connectivity index (χ3n) is 2.33. The molecule has 0 spiro atoms. The third-order valence-corrected chi connectivity index (χ3v) is 2.33. The number of halogens is 3. The van der Waals surface area contributed by atoms with E-state index in [1.807, 2.05) is 13.0 Å². The fourth-order valence-corrected chi connectivity index (χ4v) is 1.49. The second-order valence-corrected chi connectivity index (χ2v) is 3.95. The lowest BCUT2D eigenvalue weighted by molar-refractivity contribution is -0.153. The Hall–Kier alpha value is -2.31. The molecule has 0 N–H and O–H groups in total. The predicted molar refractivity (Wildman–Crippen MR) is 67.6 cm³/mol. The number of nitrogens with zero attached hydrogens (tertiary/aromatic N) is 3. The summed E-state index contributed by atoms with van der Waals surface area (Å²) < 4.78 is 42.2. The molecule has 0 amide bonds. The van der Waals surface area contributed by atoms with E-state index in [1.165, 1.54) is 23.1 Å². The van der Waals surface area contributed by atoms with E-state index in [-0.39, 0.29) is 5.75 Å². The molecule has 2 rings (SSSR count). The highest BCUT2D eigenvalue weighted by Gasteiger charge is 2.28. The first kappa shape index (κ1) is 14.1. The number of alkyl halides is 3. The van der Waals surface area contributed by atoms with Crippen LogP contribution in [0.5, 0.6) is 5.75 Å². The Morgan fingerprint density at radius 3 is 2.55 bits per heavy atom. The zero-order valence-electron chi connectivity index (χ0n) is 10.6. The number of hydrogen-bond acceptors (Lipinski definition) is 3. The van der Waals surface area contributed by atoms with Crippen molar-refractivity contribution in [2.24, 2.45) is 0 Å². The average molecular weight is 283 g/mol. The van der Waals surface area contributed by atoms with Crippen molar-refractivity contribution in [3.8, 4) is 11.4 Å². The fourth-order valence-electron chi connectivity index (χ4n) is 1.49. The van der Waals surface area contributed by atoms with Gasteiger partial charge in [-0.05, 0) is 37.3 Å². The molecular weight excluding hydrogens is 271 g/mol. The number of rotatable bonds is 4. The molecule has 0 radical (unpaired) electrons. The summed E-state index contributed by atoms with van der Waals surface area (Å²) in [7, 11) is 0. The molecule has 0 fully saturated rings. The van der Waals surface area contributed by atoms with Crippen molar-refractivity contribution in [1.29, 1.82) is 0 Å². The van der Waals surface area contributed by atoms with Crippen molar-refractivity contribution in [3.05, 3.63) is 42.5 Å². The van der Waals surface area contributed by atoms with Gasteiger partial charge in [0.25, 0.3) is 0 Å². The third kappa shape index (κ3) is 3.84. The number of aromatic nitrogens is 3. The van der Waals surface area contributed by atoms with E-state index in [0.717, 1.165) is 0 Å². The first-order chi connectivity index (χ1) is 9.48. The molecule has 106 valence electrons. The number of ether oxygens (including phenoxy) is 1. The highest BCUT2D eigenvalue weighted by Crippen LogP contribution is 2.19. The lowest BCUT2D eigenvalue weighted by Gasteiger charge is -2.09. The minimum Gasteiger partial charge on any atom is -0.484 e. The quantitative estimate of drug-likeness (QED) is 0.864. The molecule has 0 saturated heterocycles. The van der Waals surface area contributed by atoms with Gasteiger partial charge < -0.3 is 4.74 Å². The standard InChI is InChI=1S/C13H12F3N3O/c1-2-3-12-17-9-19(18-12)10-4-6-11(7-5-10)20-8-13(14,15)16/h2-7,9H,8H2,1H3/b3-2+. The van der Waals surface area contributed by atoms with E-state index in [4.69, 9.17) is 0 Å². The second kappa shape index (κ2) is 5.77. The SMILES string of the molecule is C/C=C/c1ncn(-c2ccc(OCC(F)(F)F)cc2)n1. The van der Waals surface area contributed by atoms with Crippen molar-refractivity contribution < 1.29 is 17.9 Å². The Morgan fingerprint density at radius 1 is 1.25 bits per heavy atom. The zero-order chi connectivity index (χ0) is 14.6. The minimum absolute atomic E-state index is 0.153. The molecule has 0 atom stereocenters. The highest BCUT2D eigenvalue weighted by molar-refractivity contribution is 5.40. The van der Waals surface area contributed by atoms with E-state index in [9.17, 15) is 13.2 Å². The van der Waals surface area contributed by atoms with Crippen molar-refractivity contribution in [1.82, 2.24) is 14.8 Å². The number of hydrogen-bond donors (Lipinski definition) is 0. The molecule has 1 heterocycles. The minimum atomic E-state index is -4.34. The van der Waals surface area contributed by atoms with Gasteiger partial charge in [0.05, 0.1) is 5.69 Å². The van der Waals surface area contributed by atoms with Gasteiger partial charge in [-0.3, -0.25) is 0 Å². The van der Waals surface area contributed by atoms with Crippen LogP contribution in [0.25, 0.3) is 11.8 Å². The zero-order valence-corrected chi connectivity index (χ0v) is 10.6. The molecule has 2 aromatic rings. The van der Waals surface area contributed by atoms with Crippen LogP contribution in [0, 0.1) is 0 Å². The van der Waals surface area contributed by atoms with E-state index in [1.54, 1.807) is 18.2 Å². The summed E-state index contributed by atoms with van der Waals surface area (Å²) in [6, 6.07) is 6.13. The molecule has 0 aliphatic carbocycles. The van der Waals surface area contributed by atoms with Crippen LogP contribution in [0.2, 0.25) is 0 Å². The van der Waals surface area contributed by atoms with Gasteiger partial charge >= 0.3 is 6.18 Å². The summed E-state index contributed by atoms with van der Waals surface area (Å²) in [5.74, 6) is 0.713. The number of benzene rings is 1. The highest BCUT2D eigenvalue weighted by atomic mass is 19.4. The molecular formula is C13H12F3N3O. The molecule has 1 aromatic heterocycles. The summed E-state index contributed by atoms with van der Waals surface area (Å²) in [6.45, 7) is 0.550. The first-order valence-electron chi connectivity index (χ1n) is 5.82. The summed E-state index contributed by atoms with van der Waals surface area (Å²) in [5, 5.41) is 4.18. The van der Waals surface area contributed by atoms with Gasteiger partial charge in [-0.25, -0.2) is 9.67 Å². The van der Waals surface area contributed by atoms with Gasteiger partial charge in [0.15, 0.2) is 12.4 Å². The average Bonchev–Trinajstić information content (AvgIpc) is 2.85. The normalized spacial score (nSPS) is 12.0. The van der Waals surface area contributed by atoms with Crippen LogP contribution in [0.1, 0.15) is 12.7 Å². The van der Waals surface area contributed by atoms with Crippen LogP contribution in [-0.2, 0) is 0 Å². The van der Waals surface area contributed by atoms with Crippen molar-refractivity contribution in [2.45, 2.75) is 13.1 Å². The summed E-state index contributed by atoms with van der Waals surface area (Å²) >= 11 is 0. The predicted octanol–water partition coefficient (Wildman–Crippen LogP) is 3.24. The van der Waals surface area contributed by atoms with Crippen LogP contribution in [0.4, 0.5) is 13.2 Å². The van der Waals surface area contributed by atoms with E-state index in [2.05, 4.69) is 14.8 Å². The Labute approximate surface area is 113 Å². The molecule has 4 nitrogen and oxygen atoms in total. The summed E-state index contributed by atoms with van der Waals surface area (Å²) in [4.78, 5) is 4.06. The molecule has 0 aliphatic rings. The Kier molecular flexibility index (Phi) is 4.07. The monoisotopic (exact) mass is 283 g/mol. The molecule has 0 aliphatic heterocycles. The smallest absolute Gasteiger partial charge is 0.422 e. The van der Waals surface area contributed by atoms with Gasteiger partial charge in [0, 0.05) is 0 Å². The maximum atomic E-state index is 12.0. The molecule has 20 heavy (non-hydrogen) atoms. The lowest BCUT2D eigenvalue weighted by Crippen LogP contribution is -2.19. The van der Waals surface area contributed by atoms with Gasteiger partial charge in [0.1, 0.15) is 12.1 Å². The largest absolute Gasteiger partial charge is 0.484 e. The van der Waals surface area contributed by atoms with E-state index >= 15 is 0 Å². The topological polar surface area (TPSA) is 39.9 Å². The van der Waals surface area contributed by atoms with E-state index in [0.29, 0.717) is 11.5 Å². The van der Waals surface area contributed by atoms with Crippen LogP contribution < -0.4 is 4.74 Å². The molecule has 0 saturated carbocycles. The van der Waals surface area contributed by atoms with Crippen LogP contribution in [-0.4, -0.2) is 27.5 Å². The summed E-state index contributed by atoms with van der Waals surface area (Å²) in [5.41, 5.74) is 0.688. The second-order valence-electron chi connectivity index (χ2n) is 3.95. The molecule has 0 bridgehead atoms. The Balaban J connectivity index is 2.07. The molecule has 1 aromatic carbocycles. The molecule has 0 unspecified atom stereocenters. The van der Waals surface area contributed by atoms with Crippen LogP contribution in [0.15, 0.2) is 36.7 Å². The lowest BCUT2D eigenvalue weighted by atomic mass is 10.3. The van der Waals surface area contributed by atoms with Gasteiger partial charge in [-0.2, -0.15) is 13.2 Å². The first-order valence-corrected chi connectivity index (χ1v) is 5.82. The van der Waals surface area contributed by atoms with Crippen molar-refractivity contribution in [2.75, 3.05) is 6.61 Å². The Morgan fingerprint density at radius 2 is 1.95 bits per heavy atom. The summed E-state index contributed by atoms with van der Waals surface area (Å²) in [6.07, 6.45) is 0.748. The Bertz CT molecular complexity index is 588.